The molecule has 2 rings (SSSR count). The van der Waals surface area contributed by atoms with E-state index in [1.807, 2.05) is 6.07 Å². The van der Waals surface area contributed by atoms with Crippen LogP contribution in [0, 0.1) is 0 Å². The van der Waals surface area contributed by atoms with Gasteiger partial charge in [-0.25, -0.2) is 9.89 Å². The first kappa shape index (κ1) is 15.0. The molecule has 0 unspecified atom stereocenters. The van der Waals surface area contributed by atoms with Crippen molar-refractivity contribution in [2.45, 2.75) is 0 Å². The van der Waals surface area contributed by atoms with Gasteiger partial charge in [0.15, 0.2) is 17.3 Å². The summed E-state index contributed by atoms with van der Waals surface area (Å²) in [4.78, 5) is 14.6. The van der Waals surface area contributed by atoms with Gasteiger partial charge in [-0.2, -0.15) is 15.2 Å². The third-order valence-electron chi connectivity index (χ3n) is 2.42. The van der Waals surface area contributed by atoms with E-state index in [4.69, 9.17) is 9.47 Å². The van der Waals surface area contributed by atoms with E-state index in [-0.39, 0.29) is 5.82 Å². The van der Waals surface area contributed by atoms with Crippen molar-refractivity contribution >= 4 is 28.0 Å². The first-order chi connectivity index (χ1) is 10.1. The Morgan fingerprint density at radius 2 is 2.19 bits per heavy atom. The second-order valence-corrected chi connectivity index (χ2v) is 4.63. The van der Waals surface area contributed by atoms with Crippen LogP contribution in [-0.2, 0) is 0 Å². The van der Waals surface area contributed by atoms with E-state index in [0.29, 0.717) is 11.5 Å². The summed E-state index contributed by atoms with van der Waals surface area (Å²) in [5.41, 5.74) is 2.82. The molecule has 1 aromatic carbocycles. The zero-order valence-corrected chi connectivity index (χ0v) is 12.8. The number of hydrogen-bond acceptors (Lipinski definition) is 7. The third kappa shape index (κ3) is 3.78. The molecular formula is C12H12BrN5O3. The standard InChI is InChI=1S/C12H12BrN5O3/c1-20-9-4-7(3-8(13)11(9)21-2)5-14-17-10-6-15-18-12(19)16-10/h3-6H,1-2H3,(H2,16,17,18,19)/b14-5+. The number of anilines is 1. The molecule has 0 radical (unpaired) electrons. The van der Waals surface area contributed by atoms with Crippen LogP contribution in [0.15, 0.2) is 32.7 Å². The van der Waals surface area contributed by atoms with Crippen LogP contribution in [0.3, 0.4) is 0 Å². The molecule has 1 heterocycles. The normalized spacial score (nSPS) is 10.6. The zero-order valence-electron chi connectivity index (χ0n) is 11.3. The molecule has 0 aliphatic carbocycles. The van der Waals surface area contributed by atoms with E-state index in [1.165, 1.54) is 6.20 Å². The lowest BCUT2D eigenvalue weighted by Gasteiger charge is -2.10. The Kier molecular flexibility index (Phi) is 4.88. The van der Waals surface area contributed by atoms with E-state index in [2.05, 4.69) is 41.6 Å². The van der Waals surface area contributed by atoms with Crippen molar-refractivity contribution in [3.8, 4) is 11.5 Å². The number of ether oxygens (including phenoxy) is 2. The van der Waals surface area contributed by atoms with Crippen LogP contribution >= 0.6 is 15.9 Å². The average Bonchev–Trinajstić information content (AvgIpc) is 2.46. The Morgan fingerprint density at radius 3 is 2.86 bits per heavy atom. The molecule has 110 valence electrons. The molecule has 0 aliphatic rings. The second kappa shape index (κ2) is 6.84. The van der Waals surface area contributed by atoms with E-state index >= 15 is 0 Å². The van der Waals surface area contributed by atoms with Gasteiger partial charge < -0.3 is 9.47 Å². The lowest BCUT2D eigenvalue weighted by atomic mass is 10.2. The minimum Gasteiger partial charge on any atom is -0.493 e. The number of H-pyrrole nitrogens is 1. The van der Waals surface area contributed by atoms with Gasteiger partial charge in [-0.15, -0.1) is 0 Å². The fourth-order valence-corrected chi connectivity index (χ4v) is 2.17. The van der Waals surface area contributed by atoms with Crippen LogP contribution in [0.5, 0.6) is 11.5 Å². The minimum atomic E-state index is -0.552. The number of hydrazone groups is 1. The number of rotatable bonds is 5. The maximum absolute atomic E-state index is 11.0. The number of halogens is 1. The van der Waals surface area contributed by atoms with Crippen molar-refractivity contribution in [1.82, 2.24) is 15.2 Å². The molecule has 0 fully saturated rings. The Labute approximate surface area is 128 Å². The molecule has 0 saturated carbocycles. The summed E-state index contributed by atoms with van der Waals surface area (Å²) in [6, 6.07) is 3.58. The summed E-state index contributed by atoms with van der Waals surface area (Å²) < 4.78 is 11.2. The lowest BCUT2D eigenvalue weighted by molar-refractivity contribution is 0.353. The molecule has 0 atom stereocenters. The highest BCUT2D eigenvalue weighted by Gasteiger charge is 2.09. The molecule has 0 spiro atoms. The van der Waals surface area contributed by atoms with E-state index in [1.54, 1.807) is 26.5 Å². The SMILES string of the molecule is COc1cc(/C=N/Nc2cn[nH]c(=O)n2)cc(Br)c1OC. The summed E-state index contributed by atoms with van der Waals surface area (Å²) in [5.74, 6) is 1.42. The maximum Gasteiger partial charge on any atom is 0.363 e. The molecule has 0 bridgehead atoms. The average molecular weight is 354 g/mol. The predicted molar refractivity (Wildman–Crippen MR) is 81.1 cm³/mol. The van der Waals surface area contributed by atoms with E-state index in [9.17, 15) is 4.79 Å². The summed E-state index contributed by atoms with van der Waals surface area (Å²) in [6.45, 7) is 0. The number of nitrogens with one attached hydrogen (secondary N) is 2. The van der Waals surface area contributed by atoms with Crippen molar-refractivity contribution in [3.63, 3.8) is 0 Å². The fourth-order valence-electron chi connectivity index (χ4n) is 1.55. The number of nitrogens with zero attached hydrogens (tertiary/aromatic N) is 3. The number of hydrogen-bond donors (Lipinski definition) is 2. The summed E-state index contributed by atoms with van der Waals surface area (Å²) in [6.07, 6.45) is 2.90. The predicted octanol–water partition coefficient (Wildman–Crippen LogP) is 1.39. The van der Waals surface area contributed by atoms with Gasteiger partial charge in [0.05, 0.1) is 31.1 Å². The van der Waals surface area contributed by atoms with E-state index in [0.717, 1.165) is 10.0 Å². The Hall–Kier alpha value is -2.42. The van der Waals surface area contributed by atoms with Gasteiger partial charge >= 0.3 is 5.69 Å². The van der Waals surface area contributed by atoms with Crippen LogP contribution in [0.4, 0.5) is 5.82 Å². The number of aromatic amines is 1. The molecule has 9 heteroatoms. The zero-order chi connectivity index (χ0) is 15.2. The number of methoxy groups -OCH3 is 2. The van der Waals surface area contributed by atoms with Crippen molar-refractivity contribution in [3.05, 3.63) is 38.9 Å². The largest absolute Gasteiger partial charge is 0.493 e. The molecular weight excluding hydrogens is 342 g/mol. The topological polar surface area (TPSA) is 101 Å². The number of benzene rings is 1. The first-order valence-electron chi connectivity index (χ1n) is 5.76. The highest BCUT2D eigenvalue weighted by Crippen LogP contribution is 2.35. The van der Waals surface area contributed by atoms with Crippen LogP contribution in [0.2, 0.25) is 0 Å². The van der Waals surface area contributed by atoms with Crippen LogP contribution in [0.1, 0.15) is 5.56 Å². The summed E-state index contributed by atoms with van der Waals surface area (Å²) >= 11 is 3.39. The van der Waals surface area contributed by atoms with Gasteiger partial charge in [0.2, 0.25) is 0 Å². The van der Waals surface area contributed by atoms with Crippen LogP contribution in [-0.4, -0.2) is 35.6 Å². The Morgan fingerprint density at radius 1 is 1.38 bits per heavy atom. The highest BCUT2D eigenvalue weighted by molar-refractivity contribution is 9.10. The van der Waals surface area contributed by atoms with Gasteiger partial charge in [0.1, 0.15) is 0 Å². The monoisotopic (exact) mass is 353 g/mol. The molecule has 0 aliphatic heterocycles. The van der Waals surface area contributed by atoms with Gasteiger partial charge in [-0.1, -0.05) is 0 Å². The summed E-state index contributed by atoms with van der Waals surface area (Å²) in [5, 5.41) is 9.74. The second-order valence-electron chi connectivity index (χ2n) is 3.78. The molecule has 0 amide bonds. The third-order valence-corrected chi connectivity index (χ3v) is 3.01. The number of aromatic nitrogens is 3. The van der Waals surface area contributed by atoms with Gasteiger partial charge in [-0.3, -0.25) is 5.43 Å². The summed E-state index contributed by atoms with van der Waals surface area (Å²) in [7, 11) is 3.11. The molecule has 1 aromatic heterocycles. The van der Waals surface area contributed by atoms with Gasteiger partial charge in [-0.05, 0) is 33.6 Å². The molecule has 2 N–H and O–H groups in total. The lowest BCUT2D eigenvalue weighted by Crippen LogP contribution is -2.13. The van der Waals surface area contributed by atoms with Crippen LogP contribution in [0.25, 0.3) is 0 Å². The minimum absolute atomic E-state index is 0.245. The Bertz CT molecular complexity index is 716. The van der Waals surface area contributed by atoms with Crippen LogP contribution < -0.4 is 20.6 Å². The highest BCUT2D eigenvalue weighted by atomic mass is 79.9. The Balaban J connectivity index is 2.17. The quantitative estimate of drug-likeness (QED) is 0.622. The molecule has 0 saturated heterocycles. The van der Waals surface area contributed by atoms with Gasteiger partial charge in [0.25, 0.3) is 0 Å². The molecule has 2 aromatic rings. The fraction of sp³-hybridized carbons (Fsp3) is 0.167. The van der Waals surface area contributed by atoms with Crippen molar-refractivity contribution in [1.29, 1.82) is 0 Å². The van der Waals surface area contributed by atoms with Crippen molar-refractivity contribution < 1.29 is 9.47 Å². The van der Waals surface area contributed by atoms with E-state index < -0.39 is 5.69 Å². The van der Waals surface area contributed by atoms with Crippen molar-refractivity contribution in [2.75, 3.05) is 19.6 Å². The smallest absolute Gasteiger partial charge is 0.363 e. The maximum atomic E-state index is 11.0. The molecule has 8 nitrogen and oxygen atoms in total. The molecule has 21 heavy (non-hydrogen) atoms. The first-order valence-corrected chi connectivity index (χ1v) is 6.55. The van der Waals surface area contributed by atoms with Gasteiger partial charge in [0, 0.05) is 0 Å². The van der Waals surface area contributed by atoms with Crippen molar-refractivity contribution in [2.24, 2.45) is 5.10 Å².